The summed E-state index contributed by atoms with van der Waals surface area (Å²) in [6, 6.07) is 0. The molecule has 2 atom stereocenters. The smallest absolute Gasteiger partial charge is 0.254 e. The lowest BCUT2D eigenvalue weighted by atomic mass is 9.87. The molecular formula is C13H20N2OS. The van der Waals surface area contributed by atoms with Gasteiger partial charge in [-0.3, -0.25) is 4.79 Å². The van der Waals surface area contributed by atoms with Crippen LogP contribution in [0, 0.1) is 18.8 Å². The highest BCUT2D eigenvalue weighted by atomic mass is 32.1. The molecule has 3 nitrogen and oxygen atoms in total. The number of carbonyl (C=O) groups excluding carboxylic acids is 1. The molecule has 1 amide bonds. The van der Waals surface area contributed by atoms with Crippen LogP contribution in [0.4, 0.5) is 0 Å². The number of likely N-dealkylation sites (tertiary alicyclic amines) is 1. The van der Waals surface area contributed by atoms with Gasteiger partial charge < -0.3 is 10.6 Å². The van der Waals surface area contributed by atoms with Crippen LogP contribution >= 0.6 is 11.3 Å². The number of amides is 1. The summed E-state index contributed by atoms with van der Waals surface area (Å²) in [5.41, 5.74) is 7.72. The van der Waals surface area contributed by atoms with Crippen LogP contribution in [-0.2, 0) is 0 Å². The molecule has 2 N–H and O–H groups in total. The van der Waals surface area contributed by atoms with Crippen molar-refractivity contribution in [3.8, 4) is 0 Å². The average molecular weight is 252 g/mol. The fourth-order valence-corrected chi connectivity index (χ4v) is 3.21. The standard InChI is InChI=1S/C13H20N2OS/c1-9-3-4-15(6-11(9)5-14)13(16)12-8-17-7-10(12)2/h7-9,11H,3-6,14H2,1-2H3. The van der Waals surface area contributed by atoms with Crippen LogP contribution in [0.2, 0.25) is 0 Å². The third-order valence-corrected chi connectivity index (χ3v) is 4.65. The summed E-state index contributed by atoms with van der Waals surface area (Å²) in [7, 11) is 0. The second kappa shape index (κ2) is 5.19. The van der Waals surface area contributed by atoms with E-state index in [0.717, 1.165) is 30.6 Å². The fourth-order valence-electron chi connectivity index (χ4n) is 2.39. The van der Waals surface area contributed by atoms with Gasteiger partial charge in [0, 0.05) is 18.5 Å². The number of rotatable bonds is 2. The number of thiophene rings is 1. The molecule has 2 unspecified atom stereocenters. The first-order valence-electron chi connectivity index (χ1n) is 6.15. The van der Waals surface area contributed by atoms with Crippen LogP contribution in [0.5, 0.6) is 0 Å². The van der Waals surface area contributed by atoms with Crippen molar-refractivity contribution in [3.05, 3.63) is 21.9 Å². The zero-order valence-corrected chi connectivity index (χ0v) is 11.3. The van der Waals surface area contributed by atoms with E-state index in [1.165, 1.54) is 0 Å². The minimum atomic E-state index is 0.175. The lowest BCUT2D eigenvalue weighted by molar-refractivity contribution is 0.0618. The lowest BCUT2D eigenvalue weighted by Crippen LogP contribution is -2.45. The number of nitrogens with two attached hydrogens (primary N) is 1. The van der Waals surface area contributed by atoms with Crippen molar-refractivity contribution in [2.24, 2.45) is 17.6 Å². The zero-order chi connectivity index (χ0) is 12.4. The maximum atomic E-state index is 12.3. The van der Waals surface area contributed by atoms with Gasteiger partial charge >= 0.3 is 0 Å². The highest BCUT2D eigenvalue weighted by molar-refractivity contribution is 7.08. The van der Waals surface area contributed by atoms with Crippen LogP contribution in [0.25, 0.3) is 0 Å². The summed E-state index contributed by atoms with van der Waals surface area (Å²) < 4.78 is 0. The van der Waals surface area contributed by atoms with Gasteiger partial charge in [0.15, 0.2) is 0 Å². The molecular weight excluding hydrogens is 232 g/mol. The molecule has 1 aliphatic rings. The number of nitrogens with zero attached hydrogens (tertiary/aromatic N) is 1. The van der Waals surface area contributed by atoms with Crippen molar-refractivity contribution in [1.82, 2.24) is 4.90 Å². The molecule has 1 aliphatic heterocycles. The first-order chi connectivity index (χ1) is 8.13. The molecule has 2 heterocycles. The van der Waals surface area contributed by atoms with E-state index in [1.807, 2.05) is 22.6 Å². The van der Waals surface area contributed by atoms with Crippen molar-refractivity contribution < 1.29 is 4.79 Å². The lowest BCUT2D eigenvalue weighted by Gasteiger charge is -2.36. The quantitative estimate of drug-likeness (QED) is 0.876. The van der Waals surface area contributed by atoms with Crippen LogP contribution < -0.4 is 5.73 Å². The minimum absolute atomic E-state index is 0.175. The minimum Gasteiger partial charge on any atom is -0.338 e. The van der Waals surface area contributed by atoms with Crippen LogP contribution in [0.1, 0.15) is 29.3 Å². The third kappa shape index (κ3) is 2.53. The molecule has 0 bridgehead atoms. The Morgan fingerprint density at radius 2 is 2.35 bits per heavy atom. The van der Waals surface area contributed by atoms with Crippen LogP contribution in [0.15, 0.2) is 10.8 Å². The van der Waals surface area contributed by atoms with Crippen molar-refractivity contribution in [2.75, 3.05) is 19.6 Å². The van der Waals surface area contributed by atoms with Gasteiger partial charge in [-0.15, -0.1) is 0 Å². The number of hydrogen-bond acceptors (Lipinski definition) is 3. The molecule has 2 rings (SSSR count). The highest BCUT2D eigenvalue weighted by Crippen LogP contribution is 2.25. The number of hydrogen-bond donors (Lipinski definition) is 1. The Bertz CT molecular complexity index is 402. The highest BCUT2D eigenvalue weighted by Gasteiger charge is 2.29. The van der Waals surface area contributed by atoms with E-state index in [9.17, 15) is 4.79 Å². The van der Waals surface area contributed by atoms with Gasteiger partial charge in [-0.2, -0.15) is 11.3 Å². The van der Waals surface area contributed by atoms with E-state index in [0.29, 0.717) is 18.4 Å². The second-order valence-corrected chi connectivity index (χ2v) is 5.72. The summed E-state index contributed by atoms with van der Waals surface area (Å²) in [6.07, 6.45) is 1.07. The number of aryl methyl sites for hydroxylation is 1. The second-order valence-electron chi connectivity index (χ2n) is 4.98. The fraction of sp³-hybridized carbons (Fsp3) is 0.615. The predicted molar refractivity (Wildman–Crippen MR) is 71.3 cm³/mol. The molecule has 0 aliphatic carbocycles. The number of piperidine rings is 1. The molecule has 0 spiro atoms. The van der Waals surface area contributed by atoms with E-state index in [1.54, 1.807) is 11.3 Å². The van der Waals surface area contributed by atoms with Gasteiger partial charge in [-0.1, -0.05) is 6.92 Å². The summed E-state index contributed by atoms with van der Waals surface area (Å²) in [4.78, 5) is 14.3. The molecule has 17 heavy (non-hydrogen) atoms. The number of carbonyl (C=O) groups is 1. The normalized spacial score (nSPS) is 25.0. The van der Waals surface area contributed by atoms with Gasteiger partial charge in [-0.25, -0.2) is 0 Å². The Morgan fingerprint density at radius 1 is 1.59 bits per heavy atom. The summed E-state index contributed by atoms with van der Waals surface area (Å²) in [5.74, 6) is 1.26. The summed E-state index contributed by atoms with van der Waals surface area (Å²) >= 11 is 1.59. The predicted octanol–water partition coefficient (Wildman–Crippen LogP) is 2.11. The average Bonchev–Trinajstić information content (AvgIpc) is 2.75. The zero-order valence-electron chi connectivity index (χ0n) is 10.5. The first kappa shape index (κ1) is 12.6. The van der Waals surface area contributed by atoms with Crippen molar-refractivity contribution in [1.29, 1.82) is 0 Å². The van der Waals surface area contributed by atoms with Crippen molar-refractivity contribution in [2.45, 2.75) is 20.3 Å². The van der Waals surface area contributed by atoms with Crippen LogP contribution in [-0.4, -0.2) is 30.4 Å². The largest absolute Gasteiger partial charge is 0.338 e. The van der Waals surface area contributed by atoms with Gasteiger partial charge in [0.05, 0.1) is 5.56 Å². The van der Waals surface area contributed by atoms with Crippen molar-refractivity contribution in [3.63, 3.8) is 0 Å². The molecule has 0 aromatic carbocycles. The molecule has 1 saturated heterocycles. The Hall–Kier alpha value is -0.870. The Balaban J connectivity index is 2.09. The maximum Gasteiger partial charge on any atom is 0.254 e. The molecule has 1 fully saturated rings. The van der Waals surface area contributed by atoms with E-state index >= 15 is 0 Å². The SMILES string of the molecule is Cc1cscc1C(=O)N1CCC(C)C(CN)C1. The van der Waals surface area contributed by atoms with Crippen LogP contribution in [0.3, 0.4) is 0 Å². The van der Waals surface area contributed by atoms with E-state index in [2.05, 4.69) is 6.92 Å². The van der Waals surface area contributed by atoms with Gasteiger partial charge in [0.1, 0.15) is 0 Å². The van der Waals surface area contributed by atoms with E-state index in [4.69, 9.17) is 5.73 Å². The summed E-state index contributed by atoms with van der Waals surface area (Å²) in [6.45, 7) is 6.58. The maximum absolute atomic E-state index is 12.3. The van der Waals surface area contributed by atoms with Gasteiger partial charge in [-0.05, 0) is 42.7 Å². The monoisotopic (exact) mass is 252 g/mol. The molecule has 94 valence electrons. The van der Waals surface area contributed by atoms with E-state index < -0.39 is 0 Å². The third-order valence-electron chi connectivity index (χ3n) is 3.79. The Kier molecular flexibility index (Phi) is 3.84. The summed E-state index contributed by atoms with van der Waals surface area (Å²) in [5, 5.41) is 3.98. The molecule has 1 aromatic rings. The Labute approximate surface area is 107 Å². The molecule has 1 aromatic heterocycles. The molecule has 0 radical (unpaired) electrons. The first-order valence-corrected chi connectivity index (χ1v) is 7.10. The van der Waals surface area contributed by atoms with Crippen molar-refractivity contribution >= 4 is 17.2 Å². The topological polar surface area (TPSA) is 46.3 Å². The molecule has 4 heteroatoms. The van der Waals surface area contributed by atoms with Gasteiger partial charge in [0.2, 0.25) is 0 Å². The molecule has 0 saturated carbocycles. The van der Waals surface area contributed by atoms with E-state index in [-0.39, 0.29) is 5.91 Å². The Morgan fingerprint density at radius 3 is 2.94 bits per heavy atom. The van der Waals surface area contributed by atoms with Gasteiger partial charge in [0.25, 0.3) is 5.91 Å².